The summed E-state index contributed by atoms with van der Waals surface area (Å²) in [7, 11) is 0. The zero-order chi connectivity index (χ0) is 14.8. The molecule has 0 spiro atoms. The third-order valence-corrected chi connectivity index (χ3v) is 4.63. The molecule has 1 aromatic rings. The standard InChI is InChI=1S/C17H24N2O2/c1-12(20)14-6-4-13(5-7-14)11-18-17(21)19-10-2-3-16(19)15-8-9-15/h4-7,12,15-16,20H,2-3,8-11H2,1H3,(H,18,21). The summed E-state index contributed by atoms with van der Waals surface area (Å²) >= 11 is 0. The molecule has 4 nitrogen and oxygen atoms in total. The molecule has 1 aromatic carbocycles. The minimum Gasteiger partial charge on any atom is -0.389 e. The first kappa shape index (κ1) is 14.4. The third-order valence-electron chi connectivity index (χ3n) is 4.63. The van der Waals surface area contributed by atoms with Crippen molar-refractivity contribution >= 4 is 6.03 Å². The van der Waals surface area contributed by atoms with E-state index in [0.717, 1.165) is 30.0 Å². The van der Waals surface area contributed by atoms with E-state index in [-0.39, 0.29) is 6.03 Å². The summed E-state index contributed by atoms with van der Waals surface area (Å²) in [5.74, 6) is 0.753. The number of aliphatic hydroxyl groups is 1. The van der Waals surface area contributed by atoms with Gasteiger partial charge in [0.05, 0.1) is 6.10 Å². The molecular weight excluding hydrogens is 264 g/mol. The minimum absolute atomic E-state index is 0.0732. The van der Waals surface area contributed by atoms with Crippen molar-refractivity contribution in [2.45, 2.75) is 51.3 Å². The zero-order valence-electron chi connectivity index (χ0n) is 12.6. The number of nitrogens with one attached hydrogen (secondary N) is 1. The van der Waals surface area contributed by atoms with E-state index in [0.29, 0.717) is 12.6 Å². The predicted octanol–water partition coefficient (Wildman–Crippen LogP) is 2.82. The monoisotopic (exact) mass is 288 g/mol. The largest absolute Gasteiger partial charge is 0.389 e. The Labute approximate surface area is 126 Å². The Balaban J connectivity index is 1.53. The van der Waals surface area contributed by atoms with Gasteiger partial charge in [0.1, 0.15) is 0 Å². The number of likely N-dealkylation sites (tertiary alicyclic amines) is 1. The second kappa shape index (κ2) is 6.06. The number of amides is 2. The van der Waals surface area contributed by atoms with Crippen molar-refractivity contribution in [1.82, 2.24) is 10.2 Å². The quantitative estimate of drug-likeness (QED) is 0.895. The van der Waals surface area contributed by atoms with Crippen LogP contribution >= 0.6 is 0 Å². The summed E-state index contributed by atoms with van der Waals surface area (Å²) in [6.07, 6.45) is 4.43. The maximum absolute atomic E-state index is 12.3. The van der Waals surface area contributed by atoms with Gasteiger partial charge in [-0.1, -0.05) is 24.3 Å². The van der Waals surface area contributed by atoms with E-state index >= 15 is 0 Å². The van der Waals surface area contributed by atoms with E-state index in [2.05, 4.69) is 5.32 Å². The lowest BCUT2D eigenvalue weighted by Gasteiger charge is -2.25. The summed E-state index contributed by atoms with van der Waals surface area (Å²) in [6, 6.07) is 8.30. The molecule has 1 heterocycles. The maximum atomic E-state index is 12.3. The number of hydrogen-bond acceptors (Lipinski definition) is 2. The first-order valence-corrected chi connectivity index (χ1v) is 7.96. The fourth-order valence-corrected chi connectivity index (χ4v) is 3.21. The van der Waals surface area contributed by atoms with Crippen molar-refractivity contribution in [1.29, 1.82) is 0 Å². The van der Waals surface area contributed by atoms with Gasteiger partial charge >= 0.3 is 6.03 Å². The molecule has 2 atom stereocenters. The highest BCUT2D eigenvalue weighted by atomic mass is 16.3. The van der Waals surface area contributed by atoms with Crippen LogP contribution in [0.25, 0.3) is 0 Å². The maximum Gasteiger partial charge on any atom is 0.317 e. The van der Waals surface area contributed by atoms with Crippen LogP contribution in [-0.2, 0) is 6.54 Å². The SMILES string of the molecule is CC(O)c1ccc(CNC(=O)N2CCCC2C2CC2)cc1. The van der Waals surface area contributed by atoms with Gasteiger partial charge < -0.3 is 15.3 Å². The van der Waals surface area contributed by atoms with E-state index in [9.17, 15) is 9.90 Å². The Bertz CT molecular complexity index is 494. The second-order valence-electron chi connectivity index (χ2n) is 6.32. The summed E-state index contributed by atoms with van der Waals surface area (Å²) in [5.41, 5.74) is 1.97. The smallest absolute Gasteiger partial charge is 0.317 e. The van der Waals surface area contributed by atoms with Gasteiger partial charge in [-0.2, -0.15) is 0 Å². The Hall–Kier alpha value is -1.55. The summed E-state index contributed by atoms with van der Waals surface area (Å²) in [4.78, 5) is 14.3. The summed E-state index contributed by atoms with van der Waals surface area (Å²) < 4.78 is 0. The van der Waals surface area contributed by atoms with Crippen LogP contribution < -0.4 is 5.32 Å². The average molecular weight is 288 g/mol. The lowest BCUT2D eigenvalue weighted by Crippen LogP contribution is -2.43. The van der Waals surface area contributed by atoms with Gasteiger partial charge in [0.15, 0.2) is 0 Å². The van der Waals surface area contributed by atoms with Crippen LogP contribution in [0.4, 0.5) is 4.79 Å². The number of benzene rings is 1. The van der Waals surface area contributed by atoms with Crippen molar-refractivity contribution in [3.05, 3.63) is 35.4 Å². The number of carbonyl (C=O) groups excluding carboxylic acids is 1. The first-order valence-electron chi connectivity index (χ1n) is 7.96. The lowest BCUT2D eigenvalue weighted by atomic mass is 10.1. The molecule has 4 heteroatoms. The van der Waals surface area contributed by atoms with E-state index in [4.69, 9.17) is 0 Å². The van der Waals surface area contributed by atoms with E-state index in [1.165, 1.54) is 19.3 Å². The summed E-state index contributed by atoms with van der Waals surface area (Å²) in [5, 5.41) is 12.5. The van der Waals surface area contributed by atoms with Gasteiger partial charge in [-0.25, -0.2) is 4.79 Å². The molecular formula is C17H24N2O2. The molecule has 1 saturated heterocycles. The molecule has 2 amide bonds. The van der Waals surface area contributed by atoms with Crippen molar-refractivity contribution in [3.8, 4) is 0 Å². The number of hydrogen-bond donors (Lipinski definition) is 2. The second-order valence-corrected chi connectivity index (χ2v) is 6.32. The normalized spacial score (nSPS) is 23.1. The van der Waals surface area contributed by atoms with Gasteiger partial charge in [0.25, 0.3) is 0 Å². The lowest BCUT2D eigenvalue weighted by molar-refractivity contribution is 0.186. The van der Waals surface area contributed by atoms with Crippen LogP contribution in [0.2, 0.25) is 0 Å². The van der Waals surface area contributed by atoms with Gasteiger partial charge in [-0.05, 0) is 49.7 Å². The van der Waals surface area contributed by atoms with Crippen molar-refractivity contribution in [2.24, 2.45) is 5.92 Å². The molecule has 114 valence electrons. The van der Waals surface area contributed by atoms with E-state index in [1.54, 1.807) is 6.92 Å². The Morgan fingerprint density at radius 3 is 2.67 bits per heavy atom. The minimum atomic E-state index is -0.447. The highest BCUT2D eigenvalue weighted by molar-refractivity contribution is 5.75. The fourth-order valence-electron chi connectivity index (χ4n) is 3.21. The third kappa shape index (κ3) is 3.38. The molecule has 2 N–H and O–H groups in total. The Morgan fingerprint density at radius 2 is 2.05 bits per heavy atom. The van der Waals surface area contributed by atoms with E-state index in [1.807, 2.05) is 29.2 Å². The number of nitrogens with zero attached hydrogens (tertiary/aromatic N) is 1. The molecule has 0 radical (unpaired) electrons. The number of aliphatic hydroxyl groups excluding tert-OH is 1. The number of carbonyl (C=O) groups is 1. The predicted molar refractivity (Wildman–Crippen MR) is 81.8 cm³/mol. The van der Waals surface area contributed by atoms with Crippen LogP contribution in [0, 0.1) is 5.92 Å². The summed E-state index contributed by atoms with van der Waals surface area (Å²) in [6.45, 7) is 3.20. The molecule has 1 saturated carbocycles. The molecule has 0 bridgehead atoms. The van der Waals surface area contributed by atoms with Crippen molar-refractivity contribution in [2.75, 3.05) is 6.54 Å². The zero-order valence-corrected chi connectivity index (χ0v) is 12.6. The number of rotatable bonds is 4. The Morgan fingerprint density at radius 1 is 1.33 bits per heavy atom. The highest BCUT2D eigenvalue weighted by Gasteiger charge is 2.39. The van der Waals surface area contributed by atoms with Crippen LogP contribution in [0.5, 0.6) is 0 Å². The fraction of sp³-hybridized carbons (Fsp3) is 0.588. The average Bonchev–Trinajstić information content (AvgIpc) is 3.22. The molecule has 0 aromatic heterocycles. The van der Waals surface area contributed by atoms with Crippen LogP contribution in [0.1, 0.15) is 49.8 Å². The van der Waals surface area contributed by atoms with Crippen LogP contribution in [-0.4, -0.2) is 28.6 Å². The van der Waals surface area contributed by atoms with E-state index < -0.39 is 6.10 Å². The van der Waals surface area contributed by atoms with Crippen LogP contribution in [0.15, 0.2) is 24.3 Å². The Kier molecular flexibility index (Phi) is 4.15. The topological polar surface area (TPSA) is 52.6 Å². The molecule has 2 fully saturated rings. The van der Waals surface area contributed by atoms with Gasteiger partial charge in [0, 0.05) is 19.1 Å². The van der Waals surface area contributed by atoms with Crippen LogP contribution in [0.3, 0.4) is 0 Å². The molecule has 2 unspecified atom stereocenters. The first-order chi connectivity index (χ1) is 10.1. The van der Waals surface area contributed by atoms with Crippen molar-refractivity contribution in [3.63, 3.8) is 0 Å². The van der Waals surface area contributed by atoms with Gasteiger partial charge in [-0.3, -0.25) is 0 Å². The number of urea groups is 1. The molecule has 1 aliphatic carbocycles. The molecule has 1 aliphatic heterocycles. The molecule has 21 heavy (non-hydrogen) atoms. The van der Waals surface area contributed by atoms with Crippen molar-refractivity contribution < 1.29 is 9.90 Å². The molecule has 3 rings (SSSR count). The van der Waals surface area contributed by atoms with Gasteiger partial charge in [0.2, 0.25) is 0 Å². The van der Waals surface area contributed by atoms with Gasteiger partial charge in [-0.15, -0.1) is 0 Å². The molecule has 2 aliphatic rings. The highest BCUT2D eigenvalue weighted by Crippen LogP contribution is 2.39.